The van der Waals surface area contributed by atoms with Crippen LogP contribution in [0.15, 0.2) is 30.3 Å². The molecule has 1 fully saturated rings. The average Bonchev–Trinajstić information content (AvgIpc) is 2.55. The molecule has 0 heterocycles. The molecule has 2 rings (SSSR count). The summed E-state index contributed by atoms with van der Waals surface area (Å²) >= 11 is 0. The summed E-state index contributed by atoms with van der Waals surface area (Å²) in [6.07, 6.45) is 2.78. The van der Waals surface area contributed by atoms with Gasteiger partial charge in [-0.1, -0.05) is 58.0 Å². The second-order valence-corrected chi connectivity index (χ2v) is 6.58. The van der Waals surface area contributed by atoms with Crippen LogP contribution in [0.1, 0.15) is 46.1 Å². The van der Waals surface area contributed by atoms with Gasteiger partial charge in [-0.05, 0) is 29.7 Å². The maximum Gasteiger partial charge on any atom is 0.143 e. The molecule has 0 aromatic heterocycles. The first-order valence-corrected chi connectivity index (χ1v) is 6.95. The summed E-state index contributed by atoms with van der Waals surface area (Å²) < 4.78 is 0. The highest BCUT2D eigenvalue weighted by molar-refractivity contribution is 5.87. The lowest BCUT2D eigenvalue weighted by Crippen LogP contribution is -2.41. The number of Topliss-reactive ketones (excluding diaryl/α,β-unsaturated/α-hetero) is 1. The lowest BCUT2D eigenvalue weighted by Gasteiger charge is -2.39. The molecule has 0 spiro atoms. The summed E-state index contributed by atoms with van der Waals surface area (Å²) in [7, 11) is 0. The fourth-order valence-corrected chi connectivity index (χ4v) is 3.21. The predicted octanol–water partition coefficient (Wildman–Crippen LogP) is 4.26. The molecule has 0 unspecified atom stereocenters. The van der Waals surface area contributed by atoms with Gasteiger partial charge in [0.05, 0.1) is 0 Å². The fourth-order valence-electron chi connectivity index (χ4n) is 3.21. The number of hydrogen-bond donors (Lipinski definition) is 0. The minimum absolute atomic E-state index is 0.110. The van der Waals surface area contributed by atoms with Crippen LogP contribution in [0.5, 0.6) is 0 Å². The van der Waals surface area contributed by atoms with Gasteiger partial charge in [-0.15, -0.1) is 0 Å². The Bertz CT molecular complexity index is 432. The number of carbonyl (C=O) groups is 1. The molecule has 2 atom stereocenters. The molecule has 1 aliphatic carbocycles. The third-order valence-corrected chi connectivity index (χ3v) is 5.55. The van der Waals surface area contributed by atoms with E-state index in [1.807, 2.05) is 30.3 Å². The minimum atomic E-state index is -0.164. The Morgan fingerprint density at radius 2 is 1.83 bits per heavy atom. The van der Waals surface area contributed by atoms with E-state index in [2.05, 4.69) is 27.7 Å². The molecule has 1 saturated carbocycles. The molecule has 0 bridgehead atoms. The van der Waals surface area contributed by atoms with E-state index in [0.29, 0.717) is 18.1 Å². The second-order valence-electron chi connectivity index (χ2n) is 6.58. The van der Waals surface area contributed by atoms with Gasteiger partial charge in [0.15, 0.2) is 0 Å². The number of benzene rings is 1. The van der Waals surface area contributed by atoms with E-state index in [4.69, 9.17) is 0 Å². The zero-order valence-electron chi connectivity index (χ0n) is 12.0. The minimum Gasteiger partial charge on any atom is -0.299 e. The molecule has 0 aliphatic heterocycles. The predicted molar refractivity (Wildman–Crippen MR) is 75.4 cm³/mol. The van der Waals surface area contributed by atoms with Crippen LogP contribution in [-0.4, -0.2) is 5.78 Å². The summed E-state index contributed by atoms with van der Waals surface area (Å²) in [5.41, 5.74) is 1.08. The summed E-state index contributed by atoms with van der Waals surface area (Å²) in [4.78, 5) is 12.7. The highest BCUT2D eigenvalue weighted by Gasteiger charge is 2.53. The van der Waals surface area contributed by atoms with E-state index in [9.17, 15) is 4.79 Å². The van der Waals surface area contributed by atoms with Crippen molar-refractivity contribution in [1.82, 2.24) is 0 Å². The van der Waals surface area contributed by atoms with E-state index in [-0.39, 0.29) is 10.8 Å². The normalized spacial score (nSPS) is 30.3. The van der Waals surface area contributed by atoms with Crippen LogP contribution < -0.4 is 0 Å². The lowest BCUT2D eigenvalue weighted by atomic mass is 9.63. The Morgan fingerprint density at radius 1 is 1.22 bits per heavy atom. The smallest absolute Gasteiger partial charge is 0.143 e. The summed E-state index contributed by atoms with van der Waals surface area (Å²) in [5.74, 6) is 1.03. The zero-order valence-corrected chi connectivity index (χ0v) is 12.0. The molecule has 0 N–H and O–H groups in total. The van der Waals surface area contributed by atoms with Gasteiger partial charge < -0.3 is 0 Å². The SMILES string of the molecule is C[C@@H]1CC[C@@](C)(C(=O)Cc2ccccc2)C1(C)C. The highest BCUT2D eigenvalue weighted by Crippen LogP contribution is 2.56. The van der Waals surface area contributed by atoms with E-state index < -0.39 is 0 Å². The molecular weight excluding hydrogens is 220 g/mol. The van der Waals surface area contributed by atoms with Gasteiger partial charge in [0, 0.05) is 11.8 Å². The maximum absolute atomic E-state index is 12.7. The summed E-state index contributed by atoms with van der Waals surface area (Å²) in [6, 6.07) is 10.1. The third-order valence-electron chi connectivity index (χ3n) is 5.55. The van der Waals surface area contributed by atoms with Gasteiger partial charge in [-0.3, -0.25) is 4.79 Å². The van der Waals surface area contributed by atoms with Crippen LogP contribution in [0.25, 0.3) is 0 Å². The monoisotopic (exact) mass is 244 g/mol. The molecule has 1 heteroatoms. The average molecular weight is 244 g/mol. The molecule has 98 valence electrons. The molecule has 0 radical (unpaired) electrons. The largest absolute Gasteiger partial charge is 0.299 e. The van der Waals surface area contributed by atoms with Gasteiger partial charge >= 0.3 is 0 Å². The van der Waals surface area contributed by atoms with E-state index in [1.165, 1.54) is 6.42 Å². The van der Waals surface area contributed by atoms with Gasteiger partial charge in [-0.25, -0.2) is 0 Å². The third kappa shape index (κ3) is 2.00. The van der Waals surface area contributed by atoms with Crippen molar-refractivity contribution >= 4 is 5.78 Å². The maximum atomic E-state index is 12.7. The molecule has 1 nitrogen and oxygen atoms in total. The Labute approximate surface area is 111 Å². The Morgan fingerprint density at radius 3 is 2.33 bits per heavy atom. The molecule has 1 aromatic carbocycles. The Balaban J connectivity index is 2.19. The summed E-state index contributed by atoms with van der Waals surface area (Å²) in [5, 5.41) is 0. The van der Waals surface area contributed by atoms with Crippen molar-refractivity contribution < 1.29 is 4.79 Å². The summed E-state index contributed by atoms with van der Waals surface area (Å²) in [6.45, 7) is 8.96. The zero-order chi connectivity index (χ0) is 13.4. The molecule has 1 aromatic rings. The molecular formula is C17H24O. The van der Waals surface area contributed by atoms with Crippen LogP contribution in [0.2, 0.25) is 0 Å². The van der Waals surface area contributed by atoms with Gasteiger partial charge in [0.2, 0.25) is 0 Å². The van der Waals surface area contributed by atoms with E-state index >= 15 is 0 Å². The van der Waals surface area contributed by atoms with Crippen molar-refractivity contribution in [2.75, 3.05) is 0 Å². The molecule has 0 saturated heterocycles. The Hall–Kier alpha value is -1.11. The van der Waals surface area contributed by atoms with Gasteiger partial charge in [-0.2, -0.15) is 0 Å². The second kappa shape index (κ2) is 4.53. The van der Waals surface area contributed by atoms with Crippen LogP contribution in [0, 0.1) is 16.7 Å². The van der Waals surface area contributed by atoms with Crippen molar-refractivity contribution in [1.29, 1.82) is 0 Å². The number of ketones is 1. The van der Waals surface area contributed by atoms with E-state index in [1.54, 1.807) is 0 Å². The highest BCUT2D eigenvalue weighted by atomic mass is 16.1. The lowest BCUT2D eigenvalue weighted by molar-refractivity contribution is -0.132. The number of carbonyl (C=O) groups excluding carboxylic acids is 1. The van der Waals surface area contributed by atoms with Crippen LogP contribution in [0.4, 0.5) is 0 Å². The van der Waals surface area contributed by atoms with E-state index in [0.717, 1.165) is 12.0 Å². The number of rotatable bonds is 3. The first-order valence-electron chi connectivity index (χ1n) is 6.95. The quantitative estimate of drug-likeness (QED) is 0.776. The topological polar surface area (TPSA) is 17.1 Å². The van der Waals surface area contributed by atoms with Gasteiger partial charge in [0.25, 0.3) is 0 Å². The van der Waals surface area contributed by atoms with Crippen molar-refractivity contribution in [3.05, 3.63) is 35.9 Å². The Kier molecular flexibility index (Phi) is 3.35. The molecule has 0 amide bonds. The van der Waals surface area contributed by atoms with Gasteiger partial charge in [0.1, 0.15) is 5.78 Å². The van der Waals surface area contributed by atoms with Crippen molar-refractivity contribution in [3.63, 3.8) is 0 Å². The van der Waals surface area contributed by atoms with Crippen LogP contribution in [0.3, 0.4) is 0 Å². The molecule has 1 aliphatic rings. The number of hydrogen-bond acceptors (Lipinski definition) is 1. The fraction of sp³-hybridized carbons (Fsp3) is 0.588. The van der Waals surface area contributed by atoms with Crippen molar-refractivity contribution in [2.24, 2.45) is 16.7 Å². The van der Waals surface area contributed by atoms with Crippen LogP contribution >= 0.6 is 0 Å². The van der Waals surface area contributed by atoms with Crippen molar-refractivity contribution in [3.8, 4) is 0 Å². The first-order chi connectivity index (χ1) is 8.38. The first kappa shape index (κ1) is 13.3. The van der Waals surface area contributed by atoms with Crippen LogP contribution in [-0.2, 0) is 11.2 Å². The molecule has 18 heavy (non-hydrogen) atoms. The van der Waals surface area contributed by atoms with Crippen molar-refractivity contribution in [2.45, 2.75) is 47.0 Å². The standard InChI is InChI=1S/C17H24O/c1-13-10-11-17(4,16(13,2)3)15(18)12-14-8-6-5-7-9-14/h5-9,13H,10-12H2,1-4H3/t13-,17+/m1/s1.